The van der Waals surface area contributed by atoms with Crippen molar-refractivity contribution in [3.8, 4) is 5.75 Å². The number of ether oxygens (including phenoxy) is 1. The predicted molar refractivity (Wildman–Crippen MR) is 115 cm³/mol. The highest BCUT2D eigenvalue weighted by Gasteiger charge is 2.34. The summed E-state index contributed by atoms with van der Waals surface area (Å²) in [5, 5.41) is 25.6. The van der Waals surface area contributed by atoms with Crippen LogP contribution in [0.2, 0.25) is 0 Å². The van der Waals surface area contributed by atoms with Gasteiger partial charge in [-0.1, -0.05) is 12.5 Å². The lowest BCUT2D eigenvalue weighted by atomic mass is 10.1. The van der Waals surface area contributed by atoms with E-state index in [4.69, 9.17) is 9.84 Å². The largest absolute Gasteiger partial charge is 0.489 e. The van der Waals surface area contributed by atoms with Gasteiger partial charge in [0, 0.05) is 24.2 Å². The number of alkyl halides is 3. The van der Waals surface area contributed by atoms with Gasteiger partial charge in [-0.2, -0.15) is 13.2 Å². The summed E-state index contributed by atoms with van der Waals surface area (Å²) in [6.07, 6.45) is -2.42. The lowest BCUT2D eigenvalue weighted by molar-refractivity contribution is -0.384. The van der Waals surface area contributed by atoms with Gasteiger partial charge in [-0.15, -0.1) is 0 Å². The third-order valence-electron chi connectivity index (χ3n) is 4.78. The fourth-order valence-corrected chi connectivity index (χ4v) is 3.09. The summed E-state index contributed by atoms with van der Waals surface area (Å²) in [5.41, 5.74) is -0.995. The van der Waals surface area contributed by atoms with Crippen molar-refractivity contribution in [3.63, 3.8) is 0 Å². The van der Waals surface area contributed by atoms with Crippen molar-refractivity contribution in [2.45, 2.75) is 38.6 Å². The molecule has 0 radical (unpaired) electrons. The molecule has 0 spiro atoms. The number of nitrogens with zero attached hydrogens (tertiary/aromatic N) is 1. The minimum Gasteiger partial charge on any atom is -0.489 e. The number of carboxylic acids is 1. The maximum absolute atomic E-state index is 13.5. The Morgan fingerprint density at radius 3 is 2.41 bits per heavy atom. The Hall–Kier alpha value is -3.25. The second kappa shape index (κ2) is 12.8. The molecule has 2 aromatic rings. The smallest absolute Gasteiger partial charge is 0.419 e. The number of halogens is 4. The molecule has 0 aromatic heterocycles. The van der Waals surface area contributed by atoms with E-state index < -0.39 is 28.4 Å². The molecule has 0 amide bonds. The highest BCUT2D eigenvalue weighted by atomic mass is 19.4. The van der Waals surface area contributed by atoms with Crippen LogP contribution in [0.3, 0.4) is 0 Å². The van der Waals surface area contributed by atoms with Crippen molar-refractivity contribution >= 4 is 11.7 Å². The van der Waals surface area contributed by atoms with Crippen LogP contribution in [-0.2, 0) is 24.1 Å². The van der Waals surface area contributed by atoms with E-state index in [9.17, 15) is 32.5 Å². The van der Waals surface area contributed by atoms with Gasteiger partial charge in [-0.25, -0.2) is 4.39 Å². The van der Waals surface area contributed by atoms with Crippen molar-refractivity contribution in [3.05, 3.63) is 69.0 Å². The number of aliphatic carboxylic acids is 1. The predicted octanol–water partition coefficient (Wildman–Crippen LogP) is 4.27. The first-order valence-electron chi connectivity index (χ1n) is 10.5. The molecule has 0 atom stereocenters. The number of benzene rings is 2. The molecular weight excluding hydrogens is 462 g/mol. The quantitative estimate of drug-likeness (QED) is 0.158. The number of hydrogen-bond donors (Lipinski definition) is 3. The first-order valence-corrected chi connectivity index (χ1v) is 10.5. The van der Waals surface area contributed by atoms with Gasteiger partial charge < -0.3 is 20.5 Å². The zero-order valence-electron chi connectivity index (χ0n) is 18.2. The number of non-ortho nitro benzene ring substituents is 1. The summed E-state index contributed by atoms with van der Waals surface area (Å²) in [5.74, 6) is -2.04. The molecule has 8 nitrogen and oxygen atoms in total. The second-order valence-corrected chi connectivity index (χ2v) is 7.46. The minimum absolute atomic E-state index is 0.0940. The van der Waals surface area contributed by atoms with E-state index in [0.717, 1.165) is 25.3 Å². The Balaban J connectivity index is 1.94. The molecule has 0 aliphatic carbocycles. The lowest BCUT2D eigenvalue weighted by Gasteiger charge is -2.14. The van der Waals surface area contributed by atoms with E-state index in [2.05, 4.69) is 10.6 Å². The highest BCUT2D eigenvalue weighted by molar-refractivity contribution is 5.68. The molecule has 0 heterocycles. The number of hydrogen-bond acceptors (Lipinski definition) is 6. The molecule has 2 rings (SSSR count). The molecule has 0 unspecified atom stereocenters. The molecule has 12 heteroatoms. The fourth-order valence-electron chi connectivity index (χ4n) is 3.09. The molecule has 186 valence electrons. The Morgan fingerprint density at radius 1 is 1.06 bits per heavy atom. The van der Waals surface area contributed by atoms with Crippen molar-refractivity contribution in [1.29, 1.82) is 0 Å². The first kappa shape index (κ1) is 27.0. The Bertz CT molecular complexity index is 985. The van der Waals surface area contributed by atoms with Crippen LogP contribution in [0.5, 0.6) is 5.75 Å². The van der Waals surface area contributed by atoms with Crippen LogP contribution in [0, 0.1) is 15.9 Å². The van der Waals surface area contributed by atoms with E-state index in [-0.39, 0.29) is 36.7 Å². The van der Waals surface area contributed by atoms with Gasteiger partial charge in [0.2, 0.25) is 0 Å². The van der Waals surface area contributed by atoms with Crippen LogP contribution in [0.15, 0.2) is 36.4 Å². The summed E-state index contributed by atoms with van der Waals surface area (Å²) in [4.78, 5) is 21.0. The number of nitrogens with one attached hydrogen (secondary N) is 2. The molecule has 0 saturated heterocycles. The van der Waals surface area contributed by atoms with Crippen LogP contribution >= 0.6 is 0 Å². The SMILES string of the molecule is O=C(O)CNCCCCCNCc1cc([N+](=O)[O-])ccc1OCc1ccc(F)c(C(F)(F)F)c1. The number of carboxylic acid groups (broad SMARTS) is 1. The van der Waals surface area contributed by atoms with Gasteiger partial charge in [0.25, 0.3) is 5.69 Å². The number of carbonyl (C=O) groups is 1. The van der Waals surface area contributed by atoms with Crippen LogP contribution < -0.4 is 15.4 Å². The van der Waals surface area contributed by atoms with Crippen LogP contribution in [0.1, 0.15) is 36.0 Å². The van der Waals surface area contributed by atoms with E-state index in [1.54, 1.807) is 0 Å². The van der Waals surface area contributed by atoms with Crippen LogP contribution in [0.25, 0.3) is 0 Å². The normalized spacial score (nSPS) is 11.4. The number of unbranched alkanes of at least 4 members (excludes halogenated alkanes) is 2. The van der Waals surface area contributed by atoms with E-state index >= 15 is 0 Å². The summed E-state index contributed by atoms with van der Waals surface area (Å²) >= 11 is 0. The molecule has 0 aliphatic heterocycles. The van der Waals surface area contributed by atoms with E-state index in [1.165, 1.54) is 24.3 Å². The third-order valence-corrected chi connectivity index (χ3v) is 4.78. The molecule has 2 aromatic carbocycles. The zero-order chi connectivity index (χ0) is 25.1. The maximum atomic E-state index is 13.5. The van der Waals surface area contributed by atoms with Gasteiger partial charge >= 0.3 is 12.1 Å². The average Bonchev–Trinajstić information content (AvgIpc) is 2.76. The van der Waals surface area contributed by atoms with Gasteiger partial charge in [0.05, 0.1) is 17.0 Å². The number of rotatable bonds is 14. The fraction of sp³-hybridized carbons (Fsp3) is 0.409. The van der Waals surface area contributed by atoms with Gasteiger partial charge in [0.15, 0.2) is 0 Å². The third kappa shape index (κ3) is 8.94. The molecule has 0 aliphatic rings. The number of nitro groups is 1. The second-order valence-electron chi connectivity index (χ2n) is 7.46. The standard InChI is InChI=1S/C22H25F4N3O5/c23-19-6-4-15(10-18(19)22(24,25)26)14-34-20-7-5-17(29(32)33)11-16(20)12-27-8-2-1-3-9-28-13-21(30)31/h4-7,10-11,27-28H,1-3,8-9,12-14H2,(H,30,31). The Labute approximate surface area is 193 Å². The van der Waals surface area contributed by atoms with E-state index in [0.29, 0.717) is 24.7 Å². The molecule has 0 saturated carbocycles. The minimum atomic E-state index is -4.84. The Morgan fingerprint density at radius 2 is 1.76 bits per heavy atom. The van der Waals surface area contributed by atoms with E-state index in [1.807, 2.05) is 0 Å². The topological polar surface area (TPSA) is 114 Å². The van der Waals surface area contributed by atoms with Crippen molar-refractivity contribution in [2.24, 2.45) is 0 Å². The molecule has 0 bridgehead atoms. The zero-order valence-corrected chi connectivity index (χ0v) is 18.2. The van der Waals surface area contributed by atoms with Gasteiger partial charge in [0.1, 0.15) is 18.2 Å². The number of nitro benzene ring substituents is 1. The van der Waals surface area contributed by atoms with Gasteiger partial charge in [-0.05, 0) is 49.7 Å². The molecule has 3 N–H and O–H groups in total. The summed E-state index contributed by atoms with van der Waals surface area (Å²) < 4.78 is 57.8. The molecular formula is C22H25F4N3O5. The average molecular weight is 487 g/mol. The monoisotopic (exact) mass is 487 g/mol. The van der Waals surface area contributed by atoms with Crippen molar-refractivity contribution in [1.82, 2.24) is 10.6 Å². The summed E-state index contributed by atoms with van der Waals surface area (Å²) in [6, 6.07) is 6.50. The van der Waals surface area contributed by atoms with Crippen LogP contribution in [0.4, 0.5) is 23.2 Å². The first-order chi connectivity index (χ1) is 16.1. The maximum Gasteiger partial charge on any atom is 0.419 e. The Kier molecular flexibility index (Phi) is 10.2. The molecule has 34 heavy (non-hydrogen) atoms. The van der Waals surface area contributed by atoms with Gasteiger partial charge in [-0.3, -0.25) is 14.9 Å². The lowest BCUT2D eigenvalue weighted by Crippen LogP contribution is -2.23. The highest BCUT2D eigenvalue weighted by Crippen LogP contribution is 2.32. The molecule has 0 fully saturated rings. The summed E-state index contributed by atoms with van der Waals surface area (Å²) in [6.45, 7) is 1.02. The van der Waals surface area contributed by atoms with Crippen LogP contribution in [-0.4, -0.2) is 35.6 Å². The van der Waals surface area contributed by atoms with Crippen molar-refractivity contribution < 1.29 is 37.1 Å². The summed E-state index contributed by atoms with van der Waals surface area (Å²) in [7, 11) is 0. The van der Waals surface area contributed by atoms with Crippen molar-refractivity contribution in [2.75, 3.05) is 19.6 Å².